The van der Waals surface area contributed by atoms with E-state index in [1.165, 1.54) is 14.0 Å². The average Bonchev–Trinajstić information content (AvgIpc) is 3.40. The summed E-state index contributed by atoms with van der Waals surface area (Å²) < 4.78 is 49.1. The lowest BCUT2D eigenvalue weighted by Crippen LogP contribution is -2.29. The number of hydrogen-bond donors (Lipinski definition) is 2. The molecule has 178 valence electrons. The van der Waals surface area contributed by atoms with Crippen LogP contribution in [0.5, 0.6) is 5.75 Å². The summed E-state index contributed by atoms with van der Waals surface area (Å²) in [6, 6.07) is 7.23. The molecule has 3 heterocycles. The molecule has 0 aliphatic carbocycles. The van der Waals surface area contributed by atoms with Gasteiger partial charge in [-0.25, -0.2) is 22.8 Å². The van der Waals surface area contributed by atoms with Gasteiger partial charge in [-0.2, -0.15) is 5.10 Å². The van der Waals surface area contributed by atoms with E-state index in [1.54, 1.807) is 16.7 Å². The third-order valence-electron chi connectivity index (χ3n) is 5.15. The quantitative estimate of drug-likeness (QED) is 0.387. The summed E-state index contributed by atoms with van der Waals surface area (Å²) in [5.74, 6) is 0.397. The van der Waals surface area contributed by atoms with E-state index >= 15 is 0 Å². The van der Waals surface area contributed by atoms with Gasteiger partial charge in [-0.3, -0.25) is 14.4 Å². The van der Waals surface area contributed by atoms with Gasteiger partial charge in [-0.05, 0) is 38.5 Å². The minimum Gasteiger partial charge on any atom is -0.495 e. The Labute approximate surface area is 195 Å². The number of nitrogens with one attached hydrogen (secondary N) is 2. The second kappa shape index (κ2) is 9.17. The lowest BCUT2D eigenvalue weighted by molar-refractivity contribution is 0.412. The zero-order chi connectivity index (χ0) is 24.5. The first-order valence-corrected chi connectivity index (χ1v) is 11.8. The fourth-order valence-corrected chi connectivity index (χ4v) is 4.34. The number of sulfonamides is 1. The summed E-state index contributed by atoms with van der Waals surface area (Å²) in [6.45, 7) is 5.21. The molecule has 3 aromatic heterocycles. The minimum absolute atomic E-state index is 0.0249. The third kappa shape index (κ3) is 4.59. The molecule has 1 atom stereocenters. The van der Waals surface area contributed by atoms with Crippen molar-refractivity contribution in [2.75, 3.05) is 11.8 Å². The molecule has 13 heteroatoms. The number of aryl methyl sites for hydroxylation is 2. The summed E-state index contributed by atoms with van der Waals surface area (Å²) in [7, 11) is -2.44. The van der Waals surface area contributed by atoms with Gasteiger partial charge < -0.3 is 4.74 Å². The first-order valence-electron chi connectivity index (χ1n) is 10.3. The Hall–Kier alpha value is -3.87. The van der Waals surface area contributed by atoms with Crippen molar-refractivity contribution in [3.05, 3.63) is 59.6 Å². The number of nitrogens with zero attached hydrogens (tertiary/aromatic N) is 6. The summed E-state index contributed by atoms with van der Waals surface area (Å²) >= 11 is 0. The molecule has 4 aromatic rings. The molecule has 0 unspecified atom stereocenters. The van der Waals surface area contributed by atoms with E-state index in [4.69, 9.17) is 4.74 Å². The molecule has 0 radical (unpaired) electrons. The number of anilines is 1. The molecule has 0 aliphatic rings. The van der Waals surface area contributed by atoms with Crippen molar-refractivity contribution in [3.8, 4) is 23.0 Å². The predicted molar refractivity (Wildman–Crippen MR) is 123 cm³/mol. The van der Waals surface area contributed by atoms with Gasteiger partial charge in [0.05, 0.1) is 30.4 Å². The van der Waals surface area contributed by atoms with Crippen molar-refractivity contribution in [2.24, 2.45) is 0 Å². The number of H-pyrrole nitrogens is 1. The lowest BCUT2D eigenvalue weighted by atomic mass is 10.1. The minimum atomic E-state index is -3.96. The van der Waals surface area contributed by atoms with E-state index in [9.17, 15) is 12.8 Å². The van der Waals surface area contributed by atoms with Gasteiger partial charge in [-0.15, -0.1) is 10.2 Å². The van der Waals surface area contributed by atoms with E-state index < -0.39 is 21.1 Å². The van der Waals surface area contributed by atoms with Gasteiger partial charge in [0.2, 0.25) is 16.0 Å². The van der Waals surface area contributed by atoms with Crippen LogP contribution in [0.25, 0.3) is 17.2 Å². The van der Waals surface area contributed by atoms with Gasteiger partial charge in [0.15, 0.2) is 11.6 Å². The Morgan fingerprint density at radius 1 is 1.21 bits per heavy atom. The topological polar surface area (TPSA) is 141 Å². The number of aromatic nitrogens is 7. The number of methoxy groups -OCH3 is 1. The highest BCUT2D eigenvalue weighted by molar-refractivity contribution is 7.93. The van der Waals surface area contributed by atoms with E-state index in [2.05, 4.69) is 35.1 Å². The highest BCUT2D eigenvalue weighted by atomic mass is 32.2. The zero-order valence-electron chi connectivity index (χ0n) is 18.9. The van der Waals surface area contributed by atoms with Crippen LogP contribution in [0.4, 0.5) is 10.3 Å². The molecule has 0 saturated carbocycles. The van der Waals surface area contributed by atoms with Gasteiger partial charge in [0, 0.05) is 12.1 Å². The van der Waals surface area contributed by atoms with Crippen LogP contribution in [-0.4, -0.2) is 55.7 Å². The zero-order valence-corrected chi connectivity index (χ0v) is 19.8. The Morgan fingerprint density at radius 3 is 2.59 bits per heavy atom. The smallest absolute Gasteiger partial charge is 0.243 e. The van der Waals surface area contributed by atoms with Gasteiger partial charge in [-0.1, -0.05) is 12.1 Å². The molecular weight excluding hydrogens is 463 g/mol. The predicted octanol–water partition coefficient (Wildman–Crippen LogP) is 2.58. The Bertz CT molecular complexity index is 1420. The summed E-state index contributed by atoms with van der Waals surface area (Å²) in [5.41, 5.74) is 2.66. The normalized spacial score (nSPS) is 12.5. The highest BCUT2D eigenvalue weighted by Crippen LogP contribution is 2.33. The SMILES string of the molecule is COc1cccc(C)c1-n1c(NS(=O)(=O)[C@@H](C)Cc2ncc(F)cn2)nnc1-c1cc(C)[nH]n1. The van der Waals surface area contributed by atoms with Crippen molar-refractivity contribution in [3.63, 3.8) is 0 Å². The van der Waals surface area contributed by atoms with Crippen LogP contribution in [0.2, 0.25) is 0 Å². The van der Waals surface area contributed by atoms with Crippen molar-refractivity contribution < 1.29 is 17.5 Å². The van der Waals surface area contributed by atoms with Crippen molar-refractivity contribution in [2.45, 2.75) is 32.4 Å². The maximum atomic E-state index is 13.2. The van der Waals surface area contributed by atoms with Crippen LogP contribution in [0.1, 0.15) is 24.0 Å². The van der Waals surface area contributed by atoms with Crippen LogP contribution >= 0.6 is 0 Å². The fraction of sp³-hybridized carbons (Fsp3) is 0.286. The monoisotopic (exact) mass is 486 g/mol. The molecular formula is C21H23FN8O3S. The van der Waals surface area contributed by atoms with Crippen molar-refractivity contribution >= 4 is 16.0 Å². The molecule has 0 saturated heterocycles. The average molecular weight is 487 g/mol. The van der Waals surface area contributed by atoms with Crippen molar-refractivity contribution in [1.82, 2.24) is 34.9 Å². The van der Waals surface area contributed by atoms with E-state index in [0.717, 1.165) is 23.7 Å². The standard InChI is InChI=1S/C21H23FN8O3S/c1-12-6-5-7-17(33-4)19(12)30-20(16-8-13(2)25-26-16)27-28-21(30)29-34(31,32)14(3)9-18-23-10-15(22)11-24-18/h5-8,10-11,14H,9H2,1-4H3,(H,25,26)(H,28,29)/t14-/m0/s1. The molecule has 0 bridgehead atoms. The third-order valence-corrected chi connectivity index (χ3v) is 6.84. The molecule has 0 fully saturated rings. The molecule has 0 aliphatic heterocycles. The second-order valence-corrected chi connectivity index (χ2v) is 9.82. The van der Waals surface area contributed by atoms with Gasteiger partial charge >= 0.3 is 0 Å². The highest BCUT2D eigenvalue weighted by Gasteiger charge is 2.28. The fourth-order valence-electron chi connectivity index (χ4n) is 3.38. The number of aromatic amines is 1. The Kier molecular flexibility index (Phi) is 6.28. The number of halogens is 1. The molecule has 1 aromatic carbocycles. The van der Waals surface area contributed by atoms with E-state index in [1.807, 2.05) is 26.0 Å². The van der Waals surface area contributed by atoms with Crippen LogP contribution < -0.4 is 9.46 Å². The number of para-hydroxylation sites is 1. The largest absolute Gasteiger partial charge is 0.495 e. The van der Waals surface area contributed by atoms with Crippen LogP contribution in [0, 0.1) is 19.7 Å². The molecule has 0 spiro atoms. The van der Waals surface area contributed by atoms with Crippen molar-refractivity contribution in [1.29, 1.82) is 0 Å². The maximum absolute atomic E-state index is 13.2. The molecule has 4 rings (SSSR count). The Balaban J connectivity index is 1.76. The number of benzene rings is 1. The first-order chi connectivity index (χ1) is 16.2. The number of hydrogen-bond acceptors (Lipinski definition) is 8. The summed E-state index contributed by atoms with van der Waals surface area (Å²) in [4.78, 5) is 7.69. The van der Waals surface area contributed by atoms with Gasteiger partial charge in [0.25, 0.3) is 0 Å². The summed E-state index contributed by atoms with van der Waals surface area (Å²) in [6.07, 6.45) is 1.96. The van der Waals surface area contributed by atoms with Crippen LogP contribution in [0.15, 0.2) is 36.7 Å². The second-order valence-electron chi connectivity index (χ2n) is 7.72. The van der Waals surface area contributed by atoms with Crippen LogP contribution in [0.3, 0.4) is 0 Å². The first kappa shape index (κ1) is 23.3. The molecule has 11 nitrogen and oxygen atoms in total. The lowest BCUT2D eigenvalue weighted by Gasteiger charge is -2.18. The van der Waals surface area contributed by atoms with Crippen LogP contribution in [-0.2, 0) is 16.4 Å². The summed E-state index contributed by atoms with van der Waals surface area (Å²) in [5, 5.41) is 14.5. The number of ether oxygens (including phenoxy) is 1. The van der Waals surface area contributed by atoms with E-state index in [-0.39, 0.29) is 18.2 Å². The maximum Gasteiger partial charge on any atom is 0.243 e. The Morgan fingerprint density at radius 2 is 1.94 bits per heavy atom. The number of rotatable bonds is 8. The van der Waals surface area contributed by atoms with E-state index in [0.29, 0.717) is 23.0 Å². The van der Waals surface area contributed by atoms with Gasteiger partial charge in [0.1, 0.15) is 17.3 Å². The molecule has 0 amide bonds. The molecule has 34 heavy (non-hydrogen) atoms. The molecule has 2 N–H and O–H groups in total.